The Labute approximate surface area is 111 Å². The van der Waals surface area contributed by atoms with E-state index in [1.165, 1.54) is 30.4 Å². The van der Waals surface area contributed by atoms with E-state index in [2.05, 4.69) is 42.4 Å². The van der Waals surface area contributed by atoms with Crippen LogP contribution in [0.4, 0.5) is 0 Å². The second-order valence-electron chi connectivity index (χ2n) is 5.28. The van der Waals surface area contributed by atoms with Gasteiger partial charge in [-0.15, -0.1) is 12.3 Å². The van der Waals surface area contributed by atoms with Crippen LogP contribution < -0.4 is 5.32 Å². The molecule has 1 nitrogen and oxygen atoms in total. The zero-order valence-electron chi connectivity index (χ0n) is 11.3. The van der Waals surface area contributed by atoms with Gasteiger partial charge in [-0.1, -0.05) is 31.2 Å². The summed E-state index contributed by atoms with van der Waals surface area (Å²) in [6.45, 7) is 3.41. The Balaban J connectivity index is 1.91. The second kappa shape index (κ2) is 6.61. The number of rotatable bonds is 5. The molecular formula is C17H23N. The van der Waals surface area contributed by atoms with Crippen LogP contribution in [-0.2, 0) is 0 Å². The van der Waals surface area contributed by atoms with Gasteiger partial charge in [0.15, 0.2) is 0 Å². The fourth-order valence-corrected chi connectivity index (χ4v) is 2.85. The van der Waals surface area contributed by atoms with Crippen LogP contribution in [0.2, 0.25) is 0 Å². The maximum absolute atomic E-state index is 5.26. The van der Waals surface area contributed by atoms with Crippen LogP contribution in [0.25, 0.3) is 0 Å². The molecule has 96 valence electrons. The molecule has 0 aliphatic heterocycles. The van der Waals surface area contributed by atoms with Gasteiger partial charge in [-0.3, -0.25) is 0 Å². The van der Waals surface area contributed by atoms with E-state index in [0.29, 0.717) is 12.0 Å². The lowest BCUT2D eigenvalue weighted by Crippen LogP contribution is -2.27. The number of hydrogen-bond donors (Lipinski definition) is 1. The summed E-state index contributed by atoms with van der Waals surface area (Å²) in [5.41, 5.74) is 3.04. The molecule has 0 saturated carbocycles. The van der Waals surface area contributed by atoms with Gasteiger partial charge in [-0.05, 0) is 49.3 Å². The highest BCUT2D eigenvalue weighted by molar-refractivity contribution is 5.34. The van der Waals surface area contributed by atoms with Crippen molar-refractivity contribution in [1.29, 1.82) is 0 Å². The van der Waals surface area contributed by atoms with E-state index >= 15 is 0 Å². The van der Waals surface area contributed by atoms with E-state index < -0.39 is 0 Å². The Morgan fingerprint density at radius 2 is 2.00 bits per heavy atom. The summed E-state index contributed by atoms with van der Waals surface area (Å²) in [6, 6.07) is 9.42. The van der Waals surface area contributed by atoms with Crippen LogP contribution in [-0.4, -0.2) is 6.54 Å². The van der Waals surface area contributed by atoms with Gasteiger partial charge in [-0.2, -0.15) is 0 Å². The molecule has 1 aromatic carbocycles. The predicted octanol–water partition coefficient (Wildman–Crippen LogP) is 4.02. The average molecular weight is 241 g/mol. The third kappa shape index (κ3) is 3.15. The zero-order chi connectivity index (χ0) is 12.8. The van der Waals surface area contributed by atoms with Crippen molar-refractivity contribution in [2.24, 2.45) is 0 Å². The van der Waals surface area contributed by atoms with Gasteiger partial charge in [0.25, 0.3) is 0 Å². The molecule has 2 rings (SSSR count). The average Bonchev–Trinajstić information content (AvgIpc) is 2.41. The number of fused-ring (bicyclic) bond motifs is 1. The molecule has 0 spiro atoms. The van der Waals surface area contributed by atoms with E-state index in [0.717, 1.165) is 19.4 Å². The molecule has 0 radical (unpaired) electrons. The summed E-state index contributed by atoms with van der Waals surface area (Å²) in [5, 5.41) is 3.69. The van der Waals surface area contributed by atoms with E-state index in [1.54, 1.807) is 0 Å². The first-order chi connectivity index (χ1) is 8.83. The molecule has 1 aliphatic rings. The lowest BCUT2D eigenvalue weighted by atomic mass is 9.81. The summed E-state index contributed by atoms with van der Waals surface area (Å²) in [4.78, 5) is 0. The Morgan fingerprint density at radius 1 is 1.22 bits per heavy atom. The Bertz CT molecular complexity index is 416. The molecule has 2 unspecified atom stereocenters. The predicted molar refractivity (Wildman–Crippen MR) is 77.5 cm³/mol. The van der Waals surface area contributed by atoms with Gasteiger partial charge >= 0.3 is 0 Å². The van der Waals surface area contributed by atoms with Crippen LogP contribution in [0.1, 0.15) is 62.1 Å². The van der Waals surface area contributed by atoms with Crippen molar-refractivity contribution < 1.29 is 0 Å². The van der Waals surface area contributed by atoms with Crippen LogP contribution in [0, 0.1) is 12.3 Å². The van der Waals surface area contributed by atoms with Crippen molar-refractivity contribution in [3.8, 4) is 12.3 Å². The molecule has 18 heavy (non-hydrogen) atoms. The highest BCUT2D eigenvalue weighted by Crippen LogP contribution is 2.36. The molecular weight excluding hydrogens is 218 g/mol. The second-order valence-corrected chi connectivity index (χ2v) is 5.28. The van der Waals surface area contributed by atoms with Gasteiger partial charge in [0, 0.05) is 12.5 Å². The fraction of sp³-hybridized carbons (Fsp3) is 0.529. The summed E-state index contributed by atoms with van der Waals surface area (Å²) >= 11 is 0. The highest BCUT2D eigenvalue weighted by atomic mass is 14.9. The van der Waals surface area contributed by atoms with E-state index in [9.17, 15) is 0 Å². The highest BCUT2D eigenvalue weighted by Gasteiger charge is 2.23. The molecule has 0 amide bonds. The third-order valence-electron chi connectivity index (χ3n) is 3.93. The molecule has 0 fully saturated rings. The topological polar surface area (TPSA) is 12.0 Å². The first-order valence-corrected chi connectivity index (χ1v) is 7.08. The summed E-state index contributed by atoms with van der Waals surface area (Å²) < 4.78 is 0. The van der Waals surface area contributed by atoms with Crippen molar-refractivity contribution >= 4 is 0 Å². The van der Waals surface area contributed by atoms with Crippen molar-refractivity contribution in [3.63, 3.8) is 0 Å². The summed E-state index contributed by atoms with van der Waals surface area (Å²) in [7, 11) is 0. The molecule has 0 bridgehead atoms. The van der Waals surface area contributed by atoms with E-state index in [-0.39, 0.29) is 0 Å². The first kappa shape index (κ1) is 13.2. The molecule has 0 heterocycles. The SMILES string of the molecule is C#CCCCCNC1CCC(C)c2ccccc21. The van der Waals surface area contributed by atoms with Gasteiger partial charge in [0.05, 0.1) is 0 Å². The van der Waals surface area contributed by atoms with Crippen molar-refractivity contribution in [2.75, 3.05) is 6.54 Å². The standard InChI is InChI=1S/C17H23N/c1-3-4-5-8-13-18-17-12-11-14(2)15-9-6-7-10-16(15)17/h1,6-7,9-10,14,17-18H,4-5,8,11-13H2,2H3. The molecule has 1 aromatic rings. The minimum Gasteiger partial charge on any atom is -0.310 e. The maximum Gasteiger partial charge on any atom is 0.0323 e. The van der Waals surface area contributed by atoms with Gasteiger partial charge < -0.3 is 5.32 Å². The van der Waals surface area contributed by atoms with Crippen molar-refractivity contribution in [1.82, 2.24) is 5.32 Å². The largest absolute Gasteiger partial charge is 0.310 e. The van der Waals surface area contributed by atoms with Crippen molar-refractivity contribution in [2.45, 2.75) is 51.0 Å². The minimum atomic E-state index is 0.545. The Morgan fingerprint density at radius 3 is 2.78 bits per heavy atom. The molecule has 1 N–H and O–H groups in total. The van der Waals surface area contributed by atoms with Crippen molar-refractivity contribution in [3.05, 3.63) is 35.4 Å². The number of unbranched alkanes of at least 4 members (excludes halogenated alkanes) is 2. The minimum absolute atomic E-state index is 0.545. The summed E-state index contributed by atoms with van der Waals surface area (Å²) in [6.07, 6.45) is 11.0. The van der Waals surface area contributed by atoms with Gasteiger partial charge in [-0.25, -0.2) is 0 Å². The lowest BCUT2D eigenvalue weighted by molar-refractivity contribution is 0.427. The molecule has 0 saturated heterocycles. The van der Waals surface area contributed by atoms with Crippen LogP contribution in [0.15, 0.2) is 24.3 Å². The maximum atomic E-state index is 5.26. The summed E-state index contributed by atoms with van der Waals surface area (Å²) in [5.74, 6) is 3.41. The van der Waals surface area contributed by atoms with Gasteiger partial charge in [0.2, 0.25) is 0 Å². The van der Waals surface area contributed by atoms with Crippen LogP contribution in [0.3, 0.4) is 0 Å². The number of terminal acetylenes is 1. The molecule has 1 heteroatoms. The first-order valence-electron chi connectivity index (χ1n) is 7.08. The lowest BCUT2D eigenvalue weighted by Gasteiger charge is -2.30. The normalized spacial score (nSPS) is 22.2. The van der Waals surface area contributed by atoms with Crippen LogP contribution >= 0.6 is 0 Å². The number of benzene rings is 1. The van der Waals surface area contributed by atoms with E-state index in [1.807, 2.05) is 0 Å². The number of hydrogen-bond acceptors (Lipinski definition) is 1. The quantitative estimate of drug-likeness (QED) is 0.606. The van der Waals surface area contributed by atoms with E-state index in [4.69, 9.17) is 6.42 Å². The smallest absolute Gasteiger partial charge is 0.0323 e. The zero-order valence-corrected chi connectivity index (χ0v) is 11.3. The third-order valence-corrected chi connectivity index (χ3v) is 3.93. The number of nitrogens with one attached hydrogen (secondary N) is 1. The Hall–Kier alpha value is -1.26. The molecule has 0 aromatic heterocycles. The molecule has 2 atom stereocenters. The van der Waals surface area contributed by atoms with Gasteiger partial charge in [0.1, 0.15) is 0 Å². The Kier molecular flexibility index (Phi) is 4.84. The molecule has 1 aliphatic carbocycles. The van der Waals surface area contributed by atoms with Crippen LogP contribution in [0.5, 0.6) is 0 Å². The monoisotopic (exact) mass is 241 g/mol. The fourth-order valence-electron chi connectivity index (χ4n) is 2.85.